The minimum atomic E-state index is -0.815. The molecule has 10 heteroatoms. The largest absolute Gasteiger partial charge is 0.377 e. The fraction of sp³-hybridized carbons (Fsp3) is 0.667. The number of fused-ring (bicyclic) bond motifs is 1. The summed E-state index contributed by atoms with van der Waals surface area (Å²) in [6.07, 6.45) is 7.04. The van der Waals surface area contributed by atoms with Crippen molar-refractivity contribution in [1.82, 2.24) is 19.4 Å². The minimum absolute atomic E-state index is 0.0927. The first-order chi connectivity index (χ1) is 17.9. The normalized spacial score (nSPS) is 26.1. The van der Waals surface area contributed by atoms with Crippen LogP contribution in [0.25, 0.3) is 11.0 Å². The Balaban J connectivity index is 1.25. The van der Waals surface area contributed by atoms with Crippen LogP contribution in [0.5, 0.6) is 0 Å². The number of halogens is 1. The first kappa shape index (κ1) is 26.1. The number of aryl methyl sites for hydroxylation is 1. The third kappa shape index (κ3) is 5.24. The fourth-order valence-electron chi connectivity index (χ4n) is 6.50. The molecule has 1 unspecified atom stereocenters. The Labute approximate surface area is 216 Å². The molecule has 5 rings (SSSR count). The van der Waals surface area contributed by atoms with Crippen LogP contribution in [0.4, 0.5) is 4.39 Å². The van der Waals surface area contributed by atoms with Crippen LogP contribution >= 0.6 is 0 Å². The number of carbonyl (C=O) groups excluding carboxylic acids is 2. The molecule has 1 atom stereocenters. The van der Waals surface area contributed by atoms with E-state index in [0.29, 0.717) is 36.3 Å². The summed E-state index contributed by atoms with van der Waals surface area (Å²) < 4.78 is 24.3. The summed E-state index contributed by atoms with van der Waals surface area (Å²) in [7, 11) is 1.54. The van der Waals surface area contributed by atoms with Crippen molar-refractivity contribution >= 4 is 22.8 Å². The molecule has 3 heterocycles. The van der Waals surface area contributed by atoms with Crippen molar-refractivity contribution in [2.45, 2.75) is 69.4 Å². The summed E-state index contributed by atoms with van der Waals surface area (Å²) in [5.74, 6) is -0.464. The van der Waals surface area contributed by atoms with E-state index in [1.807, 2.05) is 0 Å². The van der Waals surface area contributed by atoms with Gasteiger partial charge in [-0.1, -0.05) is 6.07 Å². The van der Waals surface area contributed by atoms with Gasteiger partial charge < -0.3 is 15.4 Å². The molecule has 202 valence electrons. The van der Waals surface area contributed by atoms with E-state index in [4.69, 9.17) is 10.5 Å². The Kier molecular flexibility index (Phi) is 7.78. The molecular formula is C27H38FN5O4. The lowest BCUT2D eigenvalue weighted by Crippen LogP contribution is -2.44. The highest BCUT2D eigenvalue weighted by Gasteiger charge is 2.33. The molecule has 2 saturated heterocycles. The van der Waals surface area contributed by atoms with E-state index in [9.17, 15) is 14.4 Å². The SMILES string of the molecule is Cn1c(=O)n(C2CCC(=O)NC2=O)c2ccc(C3CCN(CC4CCC(OCCN)CC4)CC3)c(F)c21. The summed E-state index contributed by atoms with van der Waals surface area (Å²) >= 11 is 0. The highest BCUT2D eigenvalue weighted by Crippen LogP contribution is 2.35. The van der Waals surface area contributed by atoms with E-state index < -0.39 is 17.6 Å². The number of nitrogens with zero attached hydrogens (tertiary/aromatic N) is 3. The van der Waals surface area contributed by atoms with Gasteiger partial charge in [0.15, 0.2) is 5.82 Å². The van der Waals surface area contributed by atoms with Crippen LogP contribution in [-0.4, -0.2) is 64.7 Å². The smallest absolute Gasteiger partial charge is 0.329 e. The molecule has 3 N–H and O–H groups in total. The van der Waals surface area contributed by atoms with E-state index in [2.05, 4.69) is 10.2 Å². The van der Waals surface area contributed by atoms with Crippen molar-refractivity contribution in [3.05, 3.63) is 34.0 Å². The topological polar surface area (TPSA) is 112 Å². The zero-order valence-electron chi connectivity index (χ0n) is 21.6. The minimum Gasteiger partial charge on any atom is -0.377 e. The fourth-order valence-corrected chi connectivity index (χ4v) is 6.50. The van der Waals surface area contributed by atoms with Crippen molar-refractivity contribution < 1.29 is 18.7 Å². The quantitative estimate of drug-likeness (QED) is 0.547. The van der Waals surface area contributed by atoms with Gasteiger partial charge in [-0.15, -0.1) is 0 Å². The van der Waals surface area contributed by atoms with Crippen molar-refractivity contribution in [2.24, 2.45) is 18.7 Å². The number of amides is 2. The summed E-state index contributed by atoms with van der Waals surface area (Å²) in [4.78, 5) is 39.5. The number of benzene rings is 1. The third-order valence-electron chi connectivity index (χ3n) is 8.54. The molecule has 3 aliphatic rings. The van der Waals surface area contributed by atoms with Gasteiger partial charge >= 0.3 is 5.69 Å². The zero-order chi connectivity index (χ0) is 26.1. The molecule has 37 heavy (non-hydrogen) atoms. The van der Waals surface area contributed by atoms with Gasteiger partial charge in [0.05, 0.1) is 18.2 Å². The maximum Gasteiger partial charge on any atom is 0.329 e. The lowest BCUT2D eigenvalue weighted by molar-refractivity contribution is -0.135. The number of piperidine rings is 2. The number of imide groups is 1. The van der Waals surface area contributed by atoms with Gasteiger partial charge in [0.2, 0.25) is 11.8 Å². The molecule has 2 aliphatic heterocycles. The summed E-state index contributed by atoms with van der Waals surface area (Å²) in [5, 5.41) is 2.29. The molecule has 0 radical (unpaired) electrons. The van der Waals surface area contributed by atoms with Crippen LogP contribution in [0.2, 0.25) is 0 Å². The number of rotatable bonds is 7. The average molecular weight is 516 g/mol. The molecule has 3 fully saturated rings. The van der Waals surface area contributed by atoms with Crippen LogP contribution in [-0.2, 0) is 21.4 Å². The lowest BCUT2D eigenvalue weighted by atomic mass is 9.85. The van der Waals surface area contributed by atoms with Crippen LogP contribution < -0.4 is 16.7 Å². The Morgan fingerprint density at radius 2 is 1.78 bits per heavy atom. The molecule has 1 aromatic carbocycles. The number of nitrogens with two attached hydrogens (primary N) is 1. The highest BCUT2D eigenvalue weighted by atomic mass is 19.1. The van der Waals surface area contributed by atoms with E-state index in [1.54, 1.807) is 12.1 Å². The standard InChI is InChI=1S/C27H38FN5O4/c1-31-25-21(33(27(31)36)22-8-9-23(34)30-26(22)35)7-6-20(24(25)28)18-10-13-32(14-11-18)16-17-2-4-19(5-3-17)37-15-12-29/h6-7,17-19,22H,2-5,8-16,29H2,1H3,(H,30,34,35). The molecule has 9 nitrogen and oxygen atoms in total. The van der Waals surface area contributed by atoms with Gasteiger partial charge in [-0.05, 0) is 81.5 Å². The summed E-state index contributed by atoms with van der Waals surface area (Å²) in [6.45, 7) is 4.16. The molecule has 1 aliphatic carbocycles. The van der Waals surface area contributed by atoms with Crippen molar-refractivity contribution in [2.75, 3.05) is 32.8 Å². The van der Waals surface area contributed by atoms with E-state index in [0.717, 1.165) is 45.3 Å². The lowest BCUT2D eigenvalue weighted by Gasteiger charge is -2.36. The second kappa shape index (κ2) is 11.0. The van der Waals surface area contributed by atoms with Crippen LogP contribution in [0.15, 0.2) is 16.9 Å². The molecule has 1 aromatic heterocycles. The number of carbonyl (C=O) groups is 2. The predicted octanol–water partition coefficient (Wildman–Crippen LogP) is 2.17. The second-order valence-corrected chi connectivity index (χ2v) is 10.9. The van der Waals surface area contributed by atoms with Crippen LogP contribution in [0, 0.1) is 11.7 Å². The molecule has 1 saturated carbocycles. The molecule has 2 aromatic rings. The third-order valence-corrected chi connectivity index (χ3v) is 8.54. The summed E-state index contributed by atoms with van der Waals surface area (Å²) in [5.41, 5.74) is 6.36. The maximum absolute atomic E-state index is 15.9. The van der Waals surface area contributed by atoms with Crippen molar-refractivity contribution in [1.29, 1.82) is 0 Å². The Morgan fingerprint density at radius 3 is 2.46 bits per heavy atom. The predicted molar refractivity (Wildman–Crippen MR) is 138 cm³/mol. The molecule has 2 amide bonds. The molecular weight excluding hydrogens is 477 g/mol. The highest BCUT2D eigenvalue weighted by molar-refractivity contribution is 6.00. The number of ether oxygens (including phenoxy) is 1. The van der Waals surface area contributed by atoms with Gasteiger partial charge in [-0.3, -0.25) is 24.0 Å². The number of hydrogen-bond donors (Lipinski definition) is 2. The second-order valence-electron chi connectivity index (χ2n) is 10.9. The summed E-state index contributed by atoms with van der Waals surface area (Å²) in [6, 6.07) is 2.73. The Bertz CT molecular complexity index is 1210. The van der Waals surface area contributed by atoms with E-state index in [1.165, 1.54) is 29.0 Å². The van der Waals surface area contributed by atoms with Gasteiger partial charge in [-0.2, -0.15) is 0 Å². The van der Waals surface area contributed by atoms with E-state index in [-0.39, 0.29) is 36.0 Å². The van der Waals surface area contributed by atoms with Crippen molar-refractivity contribution in [3.63, 3.8) is 0 Å². The van der Waals surface area contributed by atoms with Gasteiger partial charge in [0.1, 0.15) is 11.6 Å². The van der Waals surface area contributed by atoms with Gasteiger partial charge in [0, 0.05) is 26.6 Å². The molecule has 0 bridgehead atoms. The van der Waals surface area contributed by atoms with Gasteiger partial charge in [-0.25, -0.2) is 9.18 Å². The number of likely N-dealkylation sites (tertiary alicyclic amines) is 1. The zero-order valence-corrected chi connectivity index (χ0v) is 21.6. The number of hydrogen-bond acceptors (Lipinski definition) is 6. The monoisotopic (exact) mass is 515 g/mol. The average Bonchev–Trinajstić information content (AvgIpc) is 3.15. The van der Waals surface area contributed by atoms with Crippen molar-refractivity contribution in [3.8, 4) is 0 Å². The molecule has 0 spiro atoms. The van der Waals surface area contributed by atoms with Crippen LogP contribution in [0.3, 0.4) is 0 Å². The number of nitrogens with one attached hydrogen (secondary N) is 1. The Hall–Kier alpha value is -2.56. The van der Waals surface area contributed by atoms with Gasteiger partial charge in [0.25, 0.3) is 0 Å². The number of aromatic nitrogens is 2. The Morgan fingerprint density at radius 1 is 1.05 bits per heavy atom. The first-order valence-corrected chi connectivity index (χ1v) is 13.6. The maximum atomic E-state index is 15.9. The number of imidazole rings is 1. The van der Waals surface area contributed by atoms with E-state index >= 15 is 4.39 Å². The first-order valence-electron chi connectivity index (χ1n) is 13.6. The van der Waals surface area contributed by atoms with Crippen LogP contribution in [0.1, 0.15) is 68.9 Å².